The summed E-state index contributed by atoms with van der Waals surface area (Å²) in [5, 5.41) is 14.1. The van der Waals surface area contributed by atoms with Crippen LogP contribution >= 0.6 is 0 Å². The smallest absolute Gasteiger partial charge is 0.303 e. The molecule has 0 saturated carbocycles. The molecule has 0 bridgehead atoms. The number of hydrogen-bond acceptors (Lipinski definition) is 4. The van der Waals surface area contributed by atoms with Crippen molar-refractivity contribution in [1.82, 2.24) is 0 Å². The average molecular weight is 356 g/mol. The summed E-state index contributed by atoms with van der Waals surface area (Å²) < 4.78 is 5.06. The first-order chi connectivity index (χ1) is 12.5. The SMILES string of the molecule is COc1ccc(C(=O)Nc2ccccc2NC(=O)CCCC(=O)O)cc1. The van der Waals surface area contributed by atoms with Gasteiger partial charge in [0.2, 0.25) is 5.91 Å². The predicted octanol–water partition coefficient (Wildman–Crippen LogP) is 3.14. The summed E-state index contributed by atoms with van der Waals surface area (Å²) in [6.07, 6.45) is 0.276. The summed E-state index contributed by atoms with van der Waals surface area (Å²) in [5.41, 5.74) is 1.36. The fourth-order valence-corrected chi connectivity index (χ4v) is 2.25. The highest BCUT2D eigenvalue weighted by atomic mass is 16.5. The Labute approximate surface area is 151 Å². The van der Waals surface area contributed by atoms with Gasteiger partial charge in [0, 0.05) is 18.4 Å². The molecule has 0 fully saturated rings. The number of hydrogen-bond donors (Lipinski definition) is 3. The van der Waals surface area contributed by atoms with Crippen molar-refractivity contribution >= 4 is 29.2 Å². The van der Waals surface area contributed by atoms with Crippen molar-refractivity contribution in [2.24, 2.45) is 0 Å². The summed E-state index contributed by atoms with van der Waals surface area (Å²) in [6.45, 7) is 0. The normalized spacial score (nSPS) is 10.0. The van der Waals surface area contributed by atoms with Crippen molar-refractivity contribution in [3.8, 4) is 5.75 Å². The van der Waals surface area contributed by atoms with Gasteiger partial charge in [0.1, 0.15) is 5.75 Å². The zero-order chi connectivity index (χ0) is 18.9. The zero-order valence-electron chi connectivity index (χ0n) is 14.3. The van der Waals surface area contributed by atoms with Crippen molar-refractivity contribution < 1.29 is 24.2 Å². The van der Waals surface area contributed by atoms with E-state index in [1.807, 2.05) is 0 Å². The summed E-state index contributed by atoms with van der Waals surface area (Å²) in [7, 11) is 1.55. The molecule has 0 aliphatic rings. The molecule has 0 aromatic heterocycles. The lowest BCUT2D eigenvalue weighted by atomic mass is 10.2. The van der Waals surface area contributed by atoms with Gasteiger partial charge in [0.15, 0.2) is 0 Å². The second-order valence-electron chi connectivity index (χ2n) is 5.52. The number of rotatable bonds is 8. The molecule has 2 rings (SSSR count). The molecule has 0 unspecified atom stereocenters. The molecule has 2 aromatic rings. The van der Waals surface area contributed by atoms with E-state index < -0.39 is 5.97 Å². The number of anilines is 2. The van der Waals surface area contributed by atoms with Gasteiger partial charge < -0.3 is 20.5 Å². The number of nitrogens with one attached hydrogen (secondary N) is 2. The number of carboxylic acids is 1. The quantitative estimate of drug-likeness (QED) is 0.674. The van der Waals surface area contributed by atoms with Gasteiger partial charge in [-0.25, -0.2) is 0 Å². The minimum absolute atomic E-state index is 0.0662. The van der Waals surface area contributed by atoms with Gasteiger partial charge in [0.05, 0.1) is 18.5 Å². The van der Waals surface area contributed by atoms with E-state index in [1.165, 1.54) is 0 Å². The Kier molecular flexibility index (Phi) is 6.73. The number of ether oxygens (including phenoxy) is 1. The summed E-state index contributed by atoms with van der Waals surface area (Å²) >= 11 is 0. The van der Waals surface area contributed by atoms with Crippen LogP contribution in [0.1, 0.15) is 29.6 Å². The Hall–Kier alpha value is -3.35. The van der Waals surface area contributed by atoms with Crippen LogP contribution in [0.3, 0.4) is 0 Å². The Morgan fingerprint density at radius 3 is 2.12 bits per heavy atom. The third-order valence-corrected chi connectivity index (χ3v) is 3.60. The van der Waals surface area contributed by atoms with Crippen LogP contribution < -0.4 is 15.4 Å². The van der Waals surface area contributed by atoms with Crippen LogP contribution in [0.25, 0.3) is 0 Å². The highest BCUT2D eigenvalue weighted by molar-refractivity contribution is 6.07. The first-order valence-corrected chi connectivity index (χ1v) is 8.05. The van der Waals surface area contributed by atoms with Crippen LogP contribution in [0.4, 0.5) is 11.4 Å². The fourth-order valence-electron chi connectivity index (χ4n) is 2.25. The molecule has 0 radical (unpaired) electrons. The van der Waals surface area contributed by atoms with Gasteiger partial charge in [-0.2, -0.15) is 0 Å². The van der Waals surface area contributed by atoms with Crippen LogP contribution in [0, 0.1) is 0 Å². The van der Waals surface area contributed by atoms with Crippen LogP contribution in [-0.4, -0.2) is 30.0 Å². The average Bonchev–Trinajstić information content (AvgIpc) is 2.63. The molecule has 7 heteroatoms. The molecule has 2 aromatic carbocycles. The van der Waals surface area contributed by atoms with Crippen molar-refractivity contribution in [3.05, 3.63) is 54.1 Å². The summed E-state index contributed by atoms with van der Waals surface area (Å²) in [6, 6.07) is 13.5. The summed E-state index contributed by atoms with van der Waals surface area (Å²) in [4.78, 5) is 34.8. The van der Waals surface area contributed by atoms with Gasteiger partial charge >= 0.3 is 5.97 Å². The van der Waals surface area contributed by atoms with E-state index in [-0.39, 0.29) is 31.1 Å². The number of para-hydroxylation sites is 2. The molecule has 136 valence electrons. The number of benzene rings is 2. The third kappa shape index (κ3) is 5.62. The van der Waals surface area contributed by atoms with E-state index in [1.54, 1.807) is 55.6 Å². The molecule has 0 aliphatic heterocycles. The van der Waals surface area contributed by atoms with E-state index in [4.69, 9.17) is 9.84 Å². The van der Waals surface area contributed by atoms with E-state index in [9.17, 15) is 14.4 Å². The molecule has 0 aliphatic carbocycles. The van der Waals surface area contributed by atoms with Crippen molar-refractivity contribution in [2.45, 2.75) is 19.3 Å². The standard InChI is InChI=1S/C19H20N2O5/c1-26-14-11-9-13(10-12-14)19(25)21-16-6-3-2-5-15(16)20-17(22)7-4-8-18(23)24/h2-3,5-6,9-12H,4,7-8H2,1H3,(H,20,22)(H,21,25)(H,23,24). The third-order valence-electron chi connectivity index (χ3n) is 3.60. The van der Waals surface area contributed by atoms with Crippen LogP contribution in [0.2, 0.25) is 0 Å². The zero-order valence-corrected chi connectivity index (χ0v) is 14.3. The molecule has 0 atom stereocenters. The molecule has 0 saturated heterocycles. The molecule has 3 N–H and O–H groups in total. The Bertz CT molecular complexity index is 787. The lowest BCUT2D eigenvalue weighted by Crippen LogP contribution is -2.16. The Morgan fingerprint density at radius 1 is 0.923 bits per heavy atom. The van der Waals surface area contributed by atoms with Gasteiger partial charge in [0.25, 0.3) is 5.91 Å². The maximum atomic E-state index is 12.4. The predicted molar refractivity (Wildman–Crippen MR) is 97.5 cm³/mol. The van der Waals surface area contributed by atoms with Gasteiger partial charge in [-0.1, -0.05) is 12.1 Å². The minimum atomic E-state index is -0.940. The molecule has 0 heterocycles. The maximum absolute atomic E-state index is 12.4. The summed E-state index contributed by atoms with van der Waals surface area (Å²) in [5.74, 6) is -0.918. The lowest BCUT2D eigenvalue weighted by Gasteiger charge is -2.12. The second-order valence-corrected chi connectivity index (χ2v) is 5.52. The van der Waals surface area contributed by atoms with Crippen molar-refractivity contribution in [1.29, 1.82) is 0 Å². The van der Waals surface area contributed by atoms with Crippen molar-refractivity contribution in [3.63, 3.8) is 0 Å². The van der Waals surface area contributed by atoms with Gasteiger partial charge in [-0.3, -0.25) is 14.4 Å². The highest BCUT2D eigenvalue weighted by Gasteiger charge is 2.11. The number of methoxy groups -OCH3 is 1. The van der Waals surface area contributed by atoms with E-state index in [0.717, 1.165) is 0 Å². The maximum Gasteiger partial charge on any atom is 0.303 e. The molecule has 0 spiro atoms. The number of carboxylic acid groups (broad SMARTS) is 1. The molecule has 2 amide bonds. The second kappa shape index (κ2) is 9.22. The van der Waals surface area contributed by atoms with E-state index in [0.29, 0.717) is 22.7 Å². The number of carbonyl (C=O) groups excluding carboxylic acids is 2. The molecule has 7 nitrogen and oxygen atoms in total. The fraction of sp³-hybridized carbons (Fsp3) is 0.211. The molecular formula is C19H20N2O5. The van der Waals surface area contributed by atoms with Crippen LogP contribution in [-0.2, 0) is 9.59 Å². The first kappa shape index (κ1) is 19.0. The lowest BCUT2D eigenvalue weighted by molar-refractivity contribution is -0.137. The molecular weight excluding hydrogens is 336 g/mol. The van der Waals surface area contributed by atoms with E-state index in [2.05, 4.69) is 10.6 Å². The van der Waals surface area contributed by atoms with Crippen molar-refractivity contribution in [2.75, 3.05) is 17.7 Å². The highest BCUT2D eigenvalue weighted by Crippen LogP contribution is 2.22. The molecule has 26 heavy (non-hydrogen) atoms. The largest absolute Gasteiger partial charge is 0.497 e. The Morgan fingerprint density at radius 2 is 1.54 bits per heavy atom. The number of carbonyl (C=O) groups is 3. The first-order valence-electron chi connectivity index (χ1n) is 8.05. The monoisotopic (exact) mass is 356 g/mol. The van der Waals surface area contributed by atoms with E-state index >= 15 is 0 Å². The van der Waals surface area contributed by atoms with Gasteiger partial charge in [-0.15, -0.1) is 0 Å². The van der Waals surface area contributed by atoms with Gasteiger partial charge in [-0.05, 0) is 42.8 Å². The van der Waals surface area contributed by atoms with Crippen LogP contribution in [0.15, 0.2) is 48.5 Å². The minimum Gasteiger partial charge on any atom is -0.497 e. The topological polar surface area (TPSA) is 105 Å². The van der Waals surface area contributed by atoms with Crippen LogP contribution in [0.5, 0.6) is 5.75 Å². The Balaban J connectivity index is 2.02. The number of aliphatic carboxylic acids is 1. The number of amides is 2.